The fourth-order valence-electron chi connectivity index (χ4n) is 1.00. The smallest absolute Gasteiger partial charge is 0.0710 e. The summed E-state index contributed by atoms with van der Waals surface area (Å²) in [5.74, 6) is 0. The molecule has 0 bridgehead atoms. The third-order valence-electron chi connectivity index (χ3n) is 1.65. The Hall–Kier alpha value is -0.450. The third-order valence-corrected chi connectivity index (χ3v) is 4.41. The number of nitrogen functional groups attached to an aromatic ring is 1. The van der Waals surface area contributed by atoms with Gasteiger partial charge in [-0.15, -0.1) is 11.3 Å². The number of hydrogen-bond donors (Lipinski definition) is 1. The first-order valence-electron chi connectivity index (χ1n) is 4.03. The predicted molar refractivity (Wildman–Crippen MR) is 67.0 cm³/mol. The van der Waals surface area contributed by atoms with Gasteiger partial charge in [-0.3, -0.25) is 0 Å². The Labute approximate surface area is 99.5 Å². The Morgan fingerprint density at radius 2 is 1.79 bits per heavy atom. The van der Waals surface area contributed by atoms with Gasteiger partial charge >= 0.3 is 0 Å². The number of rotatable bonds is 2. The second-order valence-electron chi connectivity index (χ2n) is 2.73. The monoisotopic (exact) mass is 285 g/mol. The van der Waals surface area contributed by atoms with Gasteiger partial charge in [0, 0.05) is 10.6 Å². The molecule has 0 unspecified atom stereocenters. The van der Waals surface area contributed by atoms with Gasteiger partial charge in [0.25, 0.3) is 0 Å². The van der Waals surface area contributed by atoms with Crippen molar-refractivity contribution in [1.82, 2.24) is 0 Å². The zero-order valence-electron chi connectivity index (χ0n) is 7.24. The summed E-state index contributed by atoms with van der Waals surface area (Å²) in [7, 11) is 0. The van der Waals surface area contributed by atoms with E-state index in [1.165, 1.54) is 9.10 Å². The van der Waals surface area contributed by atoms with E-state index in [4.69, 9.17) is 5.73 Å². The Balaban J connectivity index is 2.15. The molecule has 0 aliphatic rings. The van der Waals surface area contributed by atoms with Crippen molar-refractivity contribution in [3.8, 4) is 0 Å². The molecule has 14 heavy (non-hydrogen) atoms. The first kappa shape index (κ1) is 10.1. The van der Waals surface area contributed by atoms with Crippen LogP contribution in [0.5, 0.6) is 0 Å². The van der Waals surface area contributed by atoms with E-state index in [0.717, 1.165) is 9.47 Å². The molecule has 0 aliphatic carbocycles. The molecule has 1 aromatic heterocycles. The molecular formula is C10H8BrNS2. The molecule has 2 N–H and O–H groups in total. The molecule has 1 nitrogen and oxygen atoms in total. The highest BCUT2D eigenvalue weighted by atomic mass is 79.9. The molecule has 0 fully saturated rings. The molecule has 0 saturated heterocycles. The van der Waals surface area contributed by atoms with Gasteiger partial charge in [0.05, 0.1) is 8.00 Å². The lowest BCUT2D eigenvalue weighted by molar-refractivity contribution is 1.46. The van der Waals surface area contributed by atoms with Crippen LogP contribution in [0.1, 0.15) is 0 Å². The van der Waals surface area contributed by atoms with Gasteiger partial charge in [-0.2, -0.15) is 0 Å². The van der Waals surface area contributed by atoms with Gasteiger partial charge < -0.3 is 5.73 Å². The van der Waals surface area contributed by atoms with Gasteiger partial charge in [-0.05, 0) is 52.3 Å². The van der Waals surface area contributed by atoms with Crippen molar-refractivity contribution < 1.29 is 0 Å². The lowest BCUT2D eigenvalue weighted by Gasteiger charge is -1.98. The molecule has 2 rings (SSSR count). The maximum Gasteiger partial charge on any atom is 0.0710 e. The summed E-state index contributed by atoms with van der Waals surface area (Å²) in [5, 5.41) is 0. The summed E-state index contributed by atoms with van der Waals surface area (Å²) in [6.07, 6.45) is 0. The number of hydrogen-bond acceptors (Lipinski definition) is 3. The normalized spacial score (nSPS) is 10.4. The molecule has 1 heterocycles. The minimum absolute atomic E-state index is 0.807. The van der Waals surface area contributed by atoms with Crippen LogP contribution < -0.4 is 5.73 Å². The summed E-state index contributed by atoms with van der Waals surface area (Å²) in [6.45, 7) is 0. The van der Waals surface area contributed by atoms with Crippen molar-refractivity contribution >= 4 is 44.7 Å². The van der Waals surface area contributed by atoms with Gasteiger partial charge in [-0.1, -0.05) is 11.8 Å². The summed E-state index contributed by atoms with van der Waals surface area (Å²) >= 11 is 6.93. The first-order valence-corrected chi connectivity index (χ1v) is 6.45. The van der Waals surface area contributed by atoms with Crippen LogP contribution in [-0.4, -0.2) is 0 Å². The average Bonchev–Trinajstić information content (AvgIpc) is 2.56. The second-order valence-corrected chi connectivity index (χ2v) is 6.57. The van der Waals surface area contributed by atoms with Gasteiger partial charge in [0.1, 0.15) is 0 Å². The van der Waals surface area contributed by atoms with E-state index in [1.807, 2.05) is 24.3 Å². The van der Waals surface area contributed by atoms with Crippen LogP contribution in [0.15, 0.2) is 49.3 Å². The van der Waals surface area contributed by atoms with Crippen LogP contribution in [0.2, 0.25) is 0 Å². The Morgan fingerprint density at radius 1 is 1.07 bits per heavy atom. The number of nitrogens with two attached hydrogens (primary N) is 1. The van der Waals surface area contributed by atoms with E-state index in [9.17, 15) is 0 Å². The molecule has 0 amide bonds. The minimum atomic E-state index is 0.807. The zero-order valence-corrected chi connectivity index (χ0v) is 10.5. The predicted octanol–water partition coefficient (Wildman–Crippen LogP) is 4.24. The number of halogens is 1. The lowest BCUT2D eigenvalue weighted by atomic mass is 10.3. The quantitative estimate of drug-likeness (QED) is 0.835. The molecule has 72 valence electrons. The van der Waals surface area contributed by atoms with Crippen molar-refractivity contribution in [3.05, 3.63) is 40.2 Å². The fourth-order valence-corrected chi connectivity index (χ4v) is 3.81. The summed E-state index contributed by atoms with van der Waals surface area (Å²) in [5.41, 5.74) is 6.42. The molecule has 1 aromatic carbocycles. The standard InChI is InChI=1S/C10H8BrNS2/c11-9-5-6-10(14-9)13-8-3-1-7(12)2-4-8/h1-6H,12H2. The SMILES string of the molecule is Nc1ccc(Sc2ccc(Br)s2)cc1. The molecule has 0 aliphatic heterocycles. The third kappa shape index (κ3) is 2.53. The topological polar surface area (TPSA) is 26.0 Å². The van der Waals surface area contributed by atoms with E-state index in [1.54, 1.807) is 23.1 Å². The van der Waals surface area contributed by atoms with Crippen molar-refractivity contribution in [2.75, 3.05) is 5.73 Å². The van der Waals surface area contributed by atoms with Gasteiger partial charge in [0.15, 0.2) is 0 Å². The van der Waals surface area contributed by atoms with Crippen molar-refractivity contribution in [3.63, 3.8) is 0 Å². The highest BCUT2D eigenvalue weighted by Crippen LogP contribution is 2.35. The van der Waals surface area contributed by atoms with Crippen LogP contribution in [0.3, 0.4) is 0 Å². The molecule has 0 radical (unpaired) electrons. The zero-order chi connectivity index (χ0) is 9.97. The molecule has 0 atom stereocenters. The van der Waals surface area contributed by atoms with E-state index in [0.29, 0.717) is 0 Å². The van der Waals surface area contributed by atoms with Crippen LogP contribution in [0, 0.1) is 0 Å². The Bertz CT molecular complexity index is 422. The van der Waals surface area contributed by atoms with E-state index in [2.05, 4.69) is 28.1 Å². The van der Waals surface area contributed by atoms with Gasteiger partial charge in [0.2, 0.25) is 0 Å². The molecule has 0 spiro atoms. The van der Waals surface area contributed by atoms with Crippen molar-refractivity contribution in [2.24, 2.45) is 0 Å². The summed E-state index contributed by atoms with van der Waals surface area (Å²) in [4.78, 5) is 1.22. The van der Waals surface area contributed by atoms with Crippen LogP contribution in [-0.2, 0) is 0 Å². The van der Waals surface area contributed by atoms with Crippen LogP contribution in [0.4, 0.5) is 5.69 Å². The van der Waals surface area contributed by atoms with Crippen molar-refractivity contribution in [2.45, 2.75) is 9.10 Å². The Kier molecular flexibility index (Phi) is 3.15. The number of anilines is 1. The number of thiophene rings is 1. The Morgan fingerprint density at radius 3 is 2.36 bits per heavy atom. The average molecular weight is 286 g/mol. The number of benzene rings is 1. The highest BCUT2D eigenvalue weighted by molar-refractivity contribution is 9.11. The van der Waals surface area contributed by atoms with E-state index >= 15 is 0 Å². The van der Waals surface area contributed by atoms with Crippen LogP contribution >= 0.6 is 39.0 Å². The minimum Gasteiger partial charge on any atom is -0.399 e. The maximum atomic E-state index is 5.61. The van der Waals surface area contributed by atoms with E-state index < -0.39 is 0 Å². The lowest BCUT2D eigenvalue weighted by Crippen LogP contribution is -1.81. The molecular weight excluding hydrogens is 278 g/mol. The van der Waals surface area contributed by atoms with Crippen molar-refractivity contribution in [1.29, 1.82) is 0 Å². The highest BCUT2D eigenvalue weighted by Gasteiger charge is 1.99. The van der Waals surface area contributed by atoms with Crippen LogP contribution in [0.25, 0.3) is 0 Å². The molecule has 0 saturated carbocycles. The molecule has 2 aromatic rings. The maximum absolute atomic E-state index is 5.61. The molecule has 4 heteroatoms. The van der Waals surface area contributed by atoms with Gasteiger partial charge in [-0.25, -0.2) is 0 Å². The van der Waals surface area contributed by atoms with E-state index in [-0.39, 0.29) is 0 Å². The second kappa shape index (κ2) is 4.38. The summed E-state index contributed by atoms with van der Waals surface area (Å²) in [6, 6.07) is 12.1. The largest absolute Gasteiger partial charge is 0.399 e. The summed E-state index contributed by atoms with van der Waals surface area (Å²) < 4.78 is 2.44. The fraction of sp³-hybridized carbons (Fsp3) is 0. The first-order chi connectivity index (χ1) is 6.74.